The summed E-state index contributed by atoms with van der Waals surface area (Å²) in [4.78, 5) is 0. The van der Waals surface area contributed by atoms with Crippen molar-refractivity contribution < 1.29 is 4.74 Å². The number of hydrogen-bond acceptors (Lipinski definition) is 3. The normalized spacial score (nSPS) is 18.1. The maximum atomic E-state index is 6.04. The topological polar surface area (TPSA) is 47.3 Å². The molecule has 3 rings (SSSR count). The van der Waals surface area contributed by atoms with Gasteiger partial charge in [-0.05, 0) is 48.6 Å². The molecule has 2 aromatic rings. The van der Waals surface area contributed by atoms with Crippen LogP contribution in [0.2, 0.25) is 0 Å². The van der Waals surface area contributed by atoms with Crippen LogP contribution in [0.4, 0.5) is 0 Å². The van der Waals surface area contributed by atoms with E-state index in [-0.39, 0.29) is 12.1 Å². The molecular formula is C18H22N2O. The molecule has 1 aliphatic heterocycles. The second kappa shape index (κ2) is 5.88. The Balaban J connectivity index is 1.73. The Kier molecular flexibility index (Phi) is 3.95. The Morgan fingerprint density at radius 2 is 2.00 bits per heavy atom. The van der Waals surface area contributed by atoms with E-state index in [1.165, 1.54) is 22.3 Å². The number of hydrogen-bond donors (Lipinski definition) is 2. The van der Waals surface area contributed by atoms with Gasteiger partial charge < -0.3 is 4.74 Å². The fourth-order valence-electron chi connectivity index (χ4n) is 2.92. The molecule has 3 N–H and O–H groups in total. The Hall–Kier alpha value is -1.84. The van der Waals surface area contributed by atoms with Crippen molar-refractivity contribution in [3.63, 3.8) is 0 Å². The van der Waals surface area contributed by atoms with Crippen LogP contribution in [0.5, 0.6) is 5.75 Å². The minimum Gasteiger partial charge on any atom is -0.488 e. The van der Waals surface area contributed by atoms with Crippen LogP contribution < -0.4 is 16.0 Å². The molecule has 2 aromatic carbocycles. The average Bonchev–Trinajstić information content (AvgIpc) is 2.92. The van der Waals surface area contributed by atoms with E-state index in [4.69, 9.17) is 10.6 Å². The molecular weight excluding hydrogens is 260 g/mol. The molecule has 0 amide bonds. The molecule has 0 fully saturated rings. The summed E-state index contributed by atoms with van der Waals surface area (Å²) < 4.78 is 6.04. The molecule has 0 saturated carbocycles. The van der Waals surface area contributed by atoms with Crippen LogP contribution in [0.1, 0.15) is 22.3 Å². The standard InChI is InChI=1S/C18H22N2O/c1-12-7-8-14(9-13(12)2)10-16(20-19)18-11-15-5-3-4-6-17(15)21-18/h3-9,16,18,20H,10-11,19H2,1-2H3. The number of ether oxygens (including phenoxy) is 1. The summed E-state index contributed by atoms with van der Waals surface area (Å²) in [5.74, 6) is 6.76. The van der Waals surface area contributed by atoms with Crippen molar-refractivity contribution >= 4 is 0 Å². The zero-order chi connectivity index (χ0) is 14.8. The summed E-state index contributed by atoms with van der Waals surface area (Å²) in [6.07, 6.45) is 1.88. The highest BCUT2D eigenvalue weighted by Crippen LogP contribution is 2.30. The van der Waals surface area contributed by atoms with E-state index >= 15 is 0 Å². The van der Waals surface area contributed by atoms with Gasteiger partial charge in [-0.3, -0.25) is 11.3 Å². The molecule has 2 atom stereocenters. The minimum absolute atomic E-state index is 0.0917. The van der Waals surface area contributed by atoms with E-state index in [2.05, 4.69) is 49.6 Å². The first-order valence-corrected chi connectivity index (χ1v) is 7.44. The maximum Gasteiger partial charge on any atom is 0.123 e. The molecule has 0 radical (unpaired) electrons. The lowest BCUT2D eigenvalue weighted by Crippen LogP contribution is -2.47. The Bertz CT molecular complexity index is 614. The number of para-hydroxylation sites is 1. The van der Waals surface area contributed by atoms with Crippen LogP contribution in [0.3, 0.4) is 0 Å². The van der Waals surface area contributed by atoms with Crippen LogP contribution in [0.25, 0.3) is 0 Å². The summed E-state index contributed by atoms with van der Waals surface area (Å²) in [6, 6.07) is 14.9. The number of nitrogens with one attached hydrogen (secondary N) is 1. The van der Waals surface area contributed by atoms with Crippen molar-refractivity contribution in [1.82, 2.24) is 5.43 Å². The molecule has 2 unspecified atom stereocenters. The lowest BCUT2D eigenvalue weighted by atomic mass is 9.96. The monoisotopic (exact) mass is 282 g/mol. The molecule has 1 heterocycles. The van der Waals surface area contributed by atoms with Gasteiger partial charge in [-0.25, -0.2) is 0 Å². The van der Waals surface area contributed by atoms with Crippen LogP contribution in [0.15, 0.2) is 42.5 Å². The molecule has 0 aromatic heterocycles. The summed E-state index contributed by atoms with van der Waals surface area (Å²) >= 11 is 0. The second-order valence-electron chi connectivity index (χ2n) is 5.86. The third-order valence-electron chi connectivity index (χ3n) is 4.36. The van der Waals surface area contributed by atoms with Gasteiger partial charge in [0.15, 0.2) is 0 Å². The molecule has 1 aliphatic rings. The van der Waals surface area contributed by atoms with Crippen molar-refractivity contribution in [1.29, 1.82) is 0 Å². The number of aryl methyl sites for hydroxylation is 2. The van der Waals surface area contributed by atoms with Crippen molar-refractivity contribution in [2.75, 3.05) is 0 Å². The second-order valence-corrected chi connectivity index (χ2v) is 5.86. The van der Waals surface area contributed by atoms with Crippen molar-refractivity contribution in [2.24, 2.45) is 5.84 Å². The van der Waals surface area contributed by atoms with Crippen molar-refractivity contribution in [3.8, 4) is 5.75 Å². The molecule has 21 heavy (non-hydrogen) atoms. The fourth-order valence-corrected chi connectivity index (χ4v) is 2.92. The van der Waals surface area contributed by atoms with E-state index in [1.54, 1.807) is 0 Å². The van der Waals surface area contributed by atoms with Gasteiger partial charge >= 0.3 is 0 Å². The fraction of sp³-hybridized carbons (Fsp3) is 0.333. The van der Waals surface area contributed by atoms with Gasteiger partial charge in [0, 0.05) is 6.42 Å². The zero-order valence-electron chi connectivity index (χ0n) is 12.6. The van der Waals surface area contributed by atoms with Gasteiger partial charge in [0.1, 0.15) is 11.9 Å². The van der Waals surface area contributed by atoms with E-state index in [0.717, 1.165) is 18.6 Å². The van der Waals surface area contributed by atoms with E-state index < -0.39 is 0 Å². The summed E-state index contributed by atoms with van der Waals surface area (Å²) in [6.45, 7) is 4.28. The van der Waals surface area contributed by atoms with Gasteiger partial charge in [-0.2, -0.15) is 0 Å². The first-order valence-electron chi connectivity index (χ1n) is 7.44. The van der Waals surface area contributed by atoms with Crippen LogP contribution in [-0.2, 0) is 12.8 Å². The van der Waals surface area contributed by atoms with Gasteiger partial charge in [-0.1, -0.05) is 36.4 Å². The highest BCUT2D eigenvalue weighted by molar-refractivity contribution is 5.38. The van der Waals surface area contributed by atoms with Crippen LogP contribution in [-0.4, -0.2) is 12.1 Å². The Morgan fingerprint density at radius 1 is 1.19 bits per heavy atom. The van der Waals surface area contributed by atoms with Crippen LogP contribution >= 0.6 is 0 Å². The highest BCUT2D eigenvalue weighted by atomic mass is 16.5. The van der Waals surface area contributed by atoms with E-state index in [0.29, 0.717) is 0 Å². The number of rotatable bonds is 4. The first-order chi connectivity index (χ1) is 10.2. The SMILES string of the molecule is Cc1ccc(CC(NN)C2Cc3ccccc3O2)cc1C. The zero-order valence-corrected chi connectivity index (χ0v) is 12.6. The lowest BCUT2D eigenvalue weighted by Gasteiger charge is -2.23. The third kappa shape index (κ3) is 2.94. The average molecular weight is 282 g/mol. The number of benzene rings is 2. The summed E-state index contributed by atoms with van der Waals surface area (Å²) in [5.41, 5.74) is 8.13. The minimum atomic E-state index is 0.0917. The predicted octanol–water partition coefficient (Wildman–Crippen LogP) is 2.68. The van der Waals surface area contributed by atoms with Gasteiger partial charge in [0.2, 0.25) is 0 Å². The van der Waals surface area contributed by atoms with Crippen LogP contribution in [0, 0.1) is 13.8 Å². The first kappa shape index (κ1) is 14.1. The van der Waals surface area contributed by atoms with E-state index in [9.17, 15) is 0 Å². The van der Waals surface area contributed by atoms with Crippen molar-refractivity contribution in [3.05, 3.63) is 64.7 Å². The Labute approximate surface area is 126 Å². The van der Waals surface area contributed by atoms with Gasteiger partial charge in [-0.15, -0.1) is 0 Å². The molecule has 3 heteroatoms. The number of fused-ring (bicyclic) bond motifs is 1. The lowest BCUT2D eigenvalue weighted by molar-refractivity contribution is 0.177. The number of nitrogens with two attached hydrogens (primary N) is 1. The number of hydrazine groups is 1. The largest absolute Gasteiger partial charge is 0.488 e. The summed E-state index contributed by atoms with van der Waals surface area (Å²) in [5, 5.41) is 0. The smallest absolute Gasteiger partial charge is 0.123 e. The van der Waals surface area contributed by atoms with Gasteiger partial charge in [0.05, 0.1) is 6.04 Å². The van der Waals surface area contributed by atoms with Gasteiger partial charge in [0.25, 0.3) is 0 Å². The molecule has 3 nitrogen and oxygen atoms in total. The summed E-state index contributed by atoms with van der Waals surface area (Å²) in [7, 11) is 0. The van der Waals surface area contributed by atoms with E-state index in [1.807, 2.05) is 12.1 Å². The molecule has 0 aliphatic carbocycles. The highest BCUT2D eigenvalue weighted by Gasteiger charge is 2.29. The molecule has 0 spiro atoms. The Morgan fingerprint density at radius 3 is 2.71 bits per heavy atom. The molecule has 110 valence electrons. The maximum absolute atomic E-state index is 6.04. The molecule has 0 bridgehead atoms. The molecule has 0 saturated heterocycles. The third-order valence-corrected chi connectivity index (χ3v) is 4.36. The predicted molar refractivity (Wildman–Crippen MR) is 85.3 cm³/mol. The van der Waals surface area contributed by atoms with Crippen molar-refractivity contribution in [2.45, 2.75) is 38.8 Å². The quantitative estimate of drug-likeness (QED) is 0.669.